The number of aromatic nitrogens is 2. The van der Waals surface area contributed by atoms with E-state index < -0.39 is 10.0 Å². The van der Waals surface area contributed by atoms with Gasteiger partial charge in [-0.15, -0.1) is 0 Å². The minimum atomic E-state index is -3.77. The van der Waals surface area contributed by atoms with Crippen molar-refractivity contribution >= 4 is 38.3 Å². The van der Waals surface area contributed by atoms with Gasteiger partial charge < -0.3 is 16.4 Å². The lowest BCUT2D eigenvalue weighted by Crippen LogP contribution is -2.51. The molecule has 0 atom stereocenters. The minimum Gasteiger partial charge on any atom is -0.399 e. The molecule has 10 heteroatoms. The topological polar surface area (TPSA) is 136 Å². The molecule has 150 valence electrons. The van der Waals surface area contributed by atoms with Crippen molar-refractivity contribution in [2.75, 3.05) is 31.1 Å². The third kappa shape index (κ3) is 3.71. The Morgan fingerprint density at radius 1 is 1.03 bits per heavy atom. The average molecular weight is 412 g/mol. The number of nitrogens with zero attached hydrogens (tertiary/aromatic N) is 4. The maximum atomic E-state index is 12.8. The van der Waals surface area contributed by atoms with Crippen LogP contribution in [0.3, 0.4) is 0 Å². The number of hydrogen-bond acceptors (Lipinski definition) is 7. The monoisotopic (exact) mass is 412 g/mol. The number of nitrogen functional groups attached to an aromatic ring is 2. The fourth-order valence-corrected chi connectivity index (χ4v) is 4.76. The molecule has 2 aromatic carbocycles. The van der Waals surface area contributed by atoms with Crippen molar-refractivity contribution in [2.24, 2.45) is 0 Å². The smallest absolute Gasteiger partial charge is 0.243 e. The molecule has 1 saturated heterocycles. The largest absolute Gasteiger partial charge is 0.399 e. The van der Waals surface area contributed by atoms with Gasteiger partial charge in [0.15, 0.2) is 0 Å². The molecule has 1 amide bonds. The van der Waals surface area contributed by atoms with E-state index >= 15 is 0 Å². The Morgan fingerprint density at radius 2 is 1.86 bits per heavy atom. The van der Waals surface area contributed by atoms with Crippen LogP contribution in [-0.4, -0.2) is 53.1 Å². The quantitative estimate of drug-likeness (QED) is 0.606. The van der Waals surface area contributed by atoms with E-state index in [0.717, 1.165) is 10.9 Å². The van der Waals surface area contributed by atoms with Crippen LogP contribution in [-0.2, 0) is 21.4 Å². The van der Waals surface area contributed by atoms with Crippen LogP contribution in [0.5, 0.6) is 0 Å². The lowest BCUT2D eigenvalue weighted by atomic mass is 10.1. The highest BCUT2D eigenvalue weighted by atomic mass is 32.2. The summed E-state index contributed by atoms with van der Waals surface area (Å²) in [4.78, 5) is 22.5. The van der Waals surface area contributed by atoms with Crippen LogP contribution in [0.4, 0.5) is 11.5 Å². The number of rotatable bonds is 4. The molecule has 0 saturated carbocycles. The van der Waals surface area contributed by atoms with Gasteiger partial charge in [0.05, 0.1) is 17.0 Å². The standard InChI is InChI=1S/C19H20N6O3S/c20-14-2-1-3-15(9-14)29(27,28)25-7-6-24(18(26)11-25)10-13-4-5-16-17(8-13)22-12-23-19(16)21/h1-5,8-9,12H,6-7,10-11,20H2,(H2,21,22,23). The van der Waals surface area contributed by atoms with Gasteiger partial charge in [-0.05, 0) is 35.9 Å². The molecule has 1 aromatic heterocycles. The van der Waals surface area contributed by atoms with Gasteiger partial charge >= 0.3 is 0 Å². The first kappa shape index (κ1) is 19.1. The second-order valence-corrected chi connectivity index (χ2v) is 8.77. The number of amides is 1. The van der Waals surface area contributed by atoms with Gasteiger partial charge in [-0.25, -0.2) is 18.4 Å². The normalized spacial score (nSPS) is 15.7. The van der Waals surface area contributed by atoms with Crippen molar-refractivity contribution in [3.63, 3.8) is 0 Å². The molecular weight excluding hydrogens is 392 g/mol. The molecule has 0 unspecified atom stereocenters. The van der Waals surface area contributed by atoms with Crippen molar-refractivity contribution in [3.05, 3.63) is 54.4 Å². The van der Waals surface area contributed by atoms with Gasteiger partial charge in [-0.1, -0.05) is 12.1 Å². The highest BCUT2D eigenvalue weighted by Crippen LogP contribution is 2.22. The number of sulfonamides is 1. The number of fused-ring (bicyclic) bond motifs is 1. The van der Waals surface area contributed by atoms with Gasteiger partial charge in [0.2, 0.25) is 15.9 Å². The maximum absolute atomic E-state index is 12.8. The molecule has 1 fully saturated rings. The van der Waals surface area contributed by atoms with E-state index in [-0.39, 0.29) is 23.9 Å². The Hall–Kier alpha value is -3.24. The molecule has 4 N–H and O–H groups in total. The summed E-state index contributed by atoms with van der Waals surface area (Å²) in [6.45, 7) is 0.667. The zero-order chi connectivity index (χ0) is 20.6. The number of anilines is 2. The molecule has 9 nitrogen and oxygen atoms in total. The Balaban J connectivity index is 1.49. The van der Waals surface area contributed by atoms with E-state index in [9.17, 15) is 13.2 Å². The van der Waals surface area contributed by atoms with Crippen LogP contribution in [0.25, 0.3) is 10.9 Å². The molecule has 0 bridgehead atoms. The zero-order valence-electron chi connectivity index (χ0n) is 15.5. The van der Waals surface area contributed by atoms with E-state index in [1.54, 1.807) is 17.0 Å². The van der Waals surface area contributed by atoms with Crippen LogP contribution in [0.15, 0.2) is 53.7 Å². The Morgan fingerprint density at radius 3 is 2.62 bits per heavy atom. The van der Waals surface area contributed by atoms with Crippen LogP contribution in [0.1, 0.15) is 5.56 Å². The molecule has 1 aliphatic rings. The van der Waals surface area contributed by atoms with Crippen LogP contribution in [0.2, 0.25) is 0 Å². The molecule has 2 heterocycles. The summed E-state index contributed by atoms with van der Waals surface area (Å²) in [6.07, 6.45) is 1.40. The van der Waals surface area contributed by atoms with Crippen molar-refractivity contribution in [2.45, 2.75) is 11.4 Å². The second-order valence-electron chi connectivity index (χ2n) is 6.84. The van der Waals surface area contributed by atoms with Gasteiger partial charge in [-0.3, -0.25) is 4.79 Å². The molecule has 0 aliphatic carbocycles. The van der Waals surface area contributed by atoms with E-state index in [1.165, 1.54) is 22.8 Å². The first-order valence-electron chi connectivity index (χ1n) is 8.97. The summed E-state index contributed by atoms with van der Waals surface area (Å²) < 4.78 is 26.8. The molecule has 3 aromatic rings. The van der Waals surface area contributed by atoms with Gasteiger partial charge in [0.1, 0.15) is 12.1 Å². The van der Waals surface area contributed by atoms with E-state index in [0.29, 0.717) is 30.1 Å². The maximum Gasteiger partial charge on any atom is 0.243 e. The fraction of sp³-hybridized carbons (Fsp3) is 0.211. The summed E-state index contributed by atoms with van der Waals surface area (Å²) in [6, 6.07) is 11.6. The molecule has 4 rings (SSSR count). The predicted molar refractivity (Wildman–Crippen MR) is 109 cm³/mol. The Bertz CT molecular complexity index is 1200. The van der Waals surface area contributed by atoms with E-state index in [4.69, 9.17) is 11.5 Å². The molecule has 0 radical (unpaired) electrons. The fourth-order valence-electron chi connectivity index (χ4n) is 3.33. The van der Waals surface area contributed by atoms with Gasteiger partial charge in [0.25, 0.3) is 0 Å². The first-order chi connectivity index (χ1) is 13.8. The van der Waals surface area contributed by atoms with Crippen molar-refractivity contribution in [1.82, 2.24) is 19.2 Å². The number of nitrogens with two attached hydrogens (primary N) is 2. The van der Waals surface area contributed by atoms with Crippen molar-refractivity contribution in [3.8, 4) is 0 Å². The lowest BCUT2D eigenvalue weighted by Gasteiger charge is -2.33. The van der Waals surface area contributed by atoms with E-state index in [1.807, 2.05) is 18.2 Å². The SMILES string of the molecule is Nc1cccc(S(=O)(=O)N2CCN(Cc3ccc4c(N)ncnc4c3)C(=O)C2)c1. The molecule has 29 heavy (non-hydrogen) atoms. The molecular formula is C19H20N6O3S. The highest BCUT2D eigenvalue weighted by Gasteiger charge is 2.32. The minimum absolute atomic E-state index is 0.0885. The Kier molecular flexibility index (Phi) is 4.81. The number of benzene rings is 2. The lowest BCUT2D eigenvalue weighted by molar-refractivity contribution is -0.134. The number of carbonyl (C=O) groups is 1. The number of carbonyl (C=O) groups excluding carboxylic acids is 1. The summed E-state index contributed by atoms with van der Waals surface area (Å²) in [5.74, 6) is 0.143. The van der Waals surface area contributed by atoms with Gasteiger partial charge in [-0.2, -0.15) is 4.31 Å². The van der Waals surface area contributed by atoms with Crippen LogP contribution < -0.4 is 11.5 Å². The number of piperazine rings is 1. The molecule has 1 aliphatic heterocycles. The average Bonchev–Trinajstić information content (AvgIpc) is 2.69. The molecule has 0 spiro atoms. The summed E-state index contributed by atoms with van der Waals surface area (Å²) in [5, 5.41) is 0.751. The highest BCUT2D eigenvalue weighted by molar-refractivity contribution is 7.89. The summed E-state index contributed by atoms with van der Waals surface area (Å²) >= 11 is 0. The van der Waals surface area contributed by atoms with Crippen LogP contribution in [0, 0.1) is 0 Å². The second kappa shape index (κ2) is 7.30. The predicted octanol–water partition coefficient (Wildman–Crippen LogP) is 0.827. The zero-order valence-corrected chi connectivity index (χ0v) is 16.3. The Labute approximate surface area is 168 Å². The number of hydrogen-bond donors (Lipinski definition) is 2. The van der Waals surface area contributed by atoms with Crippen molar-refractivity contribution < 1.29 is 13.2 Å². The first-order valence-corrected chi connectivity index (χ1v) is 10.4. The third-order valence-electron chi connectivity index (χ3n) is 4.88. The van der Waals surface area contributed by atoms with E-state index in [2.05, 4.69) is 9.97 Å². The van der Waals surface area contributed by atoms with Crippen LogP contribution >= 0.6 is 0 Å². The van der Waals surface area contributed by atoms with Crippen molar-refractivity contribution in [1.29, 1.82) is 0 Å². The third-order valence-corrected chi connectivity index (χ3v) is 6.73. The van der Waals surface area contributed by atoms with Gasteiger partial charge in [0, 0.05) is 30.7 Å². The summed E-state index contributed by atoms with van der Waals surface area (Å²) in [5.41, 5.74) is 13.5. The summed E-state index contributed by atoms with van der Waals surface area (Å²) in [7, 11) is -3.77.